The van der Waals surface area contributed by atoms with Gasteiger partial charge in [-0.05, 0) is 12.1 Å². The minimum absolute atomic E-state index is 0.0310. The molecule has 0 aliphatic heterocycles. The molecule has 0 unspecified atom stereocenters. The highest BCUT2D eigenvalue weighted by Crippen LogP contribution is 2.27. The Labute approximate surface area is 96.2 Å². The van der Waals surface area contributed by atoms with Crippen LogP contribution < -0.4 is 4.74 Å². The molecule has 0 bridgehead atoms. The topological polar surface area (TPSA) is 92.5 Å². The van der Waals surface area contributed by atoms with Crippen molar-refractivity contribution in [1.82, 2.24) is 9.97 Å². The Morgan fingerprint density at radius 1 is 1.18 bits per heavy atom. The highest BCUT2D eigenvalue weighted by Gasteiger charge is 2.07. The smallest absolute Gasteiger partial charge is 0.338 e. The SMILES string of the molecule is O=C(O)c1cnc(Oc2ccccc2O)nc1. The zero-order chi connectivity index (χ0) is 12.3. The summed E-state index contributed by atoms with van der Waals surface area (Å²) in [5.41, 5.74) is -0.0327. The fourth-order valence-corrected chi connectivity index (χ4v) is 1.12. The summed E-state index contributed by atoms with van der Waals surface area (Å²) in [6.07, 6.45) is 2.26. The number of aromatic nitrogens is 2. The second kappa shape index (κ2) is 4.48. The number of phenols is 1. The fraction of sp³-hybridized carbons (Fsp3) is 0. The van der Waals surface area contributed by atoms with Gasteiger partial charge in [0.1, 0.15) is 0 Å². The molecule has 17 heavy (non-hydrogen) atoms. The van der Waals surface area contributed by atoms with Gasteiger partial charge in [0.15, 0.2) is 11.5 Å². The van der Waals surface area contributed by atoms with Crippen LogP contribution in [-0.2, 0) is 0 Å². The van der Waals surface area contributed by atoms with E-state index >= 15 is 0 Å². The van der Waals surface area contributed by atoms with Crippen LogP contribution in [0.25, 0.3) is 0 Å². The molecule has 2 aromatic rings. The molecule has 0 atom stereocenters. The van der Waals surface area contributed by atoms with Crippen molar-refractivity contribution >= 4 is 5.97 Å². The first-order chi connectivity index (χ1) is 8.16. The van der Waals surface area contributed by atoms with Crippen molar-refractivity contribution in [2.45, 2.75) is 0 Å². The molecule has 86 valence electrons. The quantitative estimate of drug-likeness (QED) is 0.836. The van der Waals surface area contributed by atoms with E-state index in [1.54, 1.807) is 18.2 Å². The Morgan fingerprint density at radius 2 is 1.82 bits per heavy atom. The van der Waals surface area contributed by atoms with Crippen molar-refractivity contribution in [3.05, 3.63) is 42.2 Å². The zero-order valence-electron chi connectivity index (χ0n) is 8.57. The van der Waals surface area contributed by atoms with Gasteiger partial charge in [0.2, 0.25) is 0 Å². The van der Waals surface area contributed by atoms with E-state index in [0.717, 1.165) is 12.4 Å². The average molecular weight is 232 g/mol. The molecule has 0 amide bonds. The molecule has 0 saturated heterocycles. The number of hydrogen-bond acceptors (Lipinski definition) is 5. The molecule has 1 aromatic carbocycles. The second-order valence-corrected chi connectivity index (χ2v) is 3.13. The maximum Gasteiger partial charge on any atom is 0.338 e. The Hall–Kier alpha value is -2.63. The minimum Gasteiger partial charge on any atom is -0.504 e. The number of phenolic OH excluding ortho intramolecular Hbond substituents is 1. The molecule has 0 radical (unpaired) electrons. The van der Waals surface area contributed by atoms with Crippen molar-refractivity contribution < 1.29 is 19.7 Å². The Morgan fingerprint density at radius 3 is 2.41 bits per heavy atom. The summed E-state index contributed by atoms with van der Waals surface area (Å²) in [5, 5.41) is 18.1. The molecule has 0 saturated carbocycles. The van der Waals surface area contributed by atoms with E-state index in [1.807, 2.05) is 0 Å². The van der Waals surface area contributed by atoms with Crippen LogP contribution in [0.1, 0.15) is 10.4 Å². The van der Waals surface area contributed by atoms with E-state index in [1.165, 1.54) is 6.07 Å². The first-order valence-corrected chi connectivity index (χ1v) is 4.68. The molecule has 6 heteroatoms. The van der Waals surface area contributed by atoms with Crippen LogP contribution in [-0.4, -0.2) is 26.2 Å². The Bertz CT molecular complexity index is 539. The molecule has 6 nitrogen and oxygen atoms in total. The summed E-state index contributed by atoms with van der Waals surface area (Å²) in [6.45, 7) is 0. The summed E-state index contributed by atoms with van der Waals surface area (Å²) in [5.74, 6) is -0.951. The van der Waals surface area contributed by atoms with Crippen LogP contribution in [0.3, 0.4) is 0 Å². The molecule has 2 rings (SSSR count). The van der Waals surface area contributed by atoms with E-state index in [-0.39, 0.29) is 23.1 Å². The molecule has 2 N–H and O–H groups in total. The molecular formula is C11H8N2O4. The maximum absolute atomic E-state index is 10.6. The van der Waals surface area contributed by atoms with Crippen molar-refractivity contribution in [3.8, 4) is 17.5 Å². The first-order valence-electron chi connectivity index (χ1n) is 4.68. The predicted molar refractivity (Wildman–Crippen MR) is 57.2 cm³/mol. The Balaban J connectivity index is 2.20. The number of carboxylic acid groups (broad SMARTS) is 1. The van der Waals surface area contributed by atoms with Crippen LogP contribution >= 0.6 is 0 Å². The number of ether oxygens (including phenoxy) is 1. The lowest BCUT2D eigenvalue weighted by Gasteiger charge is -2.04. The van der Waals surface area contributed by atoms with Crippen LogP contribution in [0, 0.1) is 0 Å². The summed E-state index contributed by atoms with van der Waals surface area (Å²) in [4.78, 5) is 18.0. The molecule has 0 spiro atoms. The minimum atomic E-state index is -1.11. The zero-order valence-corrected chi connectivity index (χ0v) is 8.57. The third-order valence-electron chi connectivity index (χ3n) is 1.94. The van der Waals surface area contributed by atoms with Gasteiger partial charge in [-0.15, -0.1) is 0 Å². The highest BCUT2D eigenvalue weighted by atomic mass is 16.5. The maximum atomic E-state index is 10.6. The van der Waals surface area contributed by atoms with Gasteiger partial charge in [-0.25, -0.2) is 14.8 Å². The molecule has 1 heterocycles. The summed E-state index contributed by atoms with van der Waals surface area (Å²) in [6, 6.07) is 6.30. The lowest BCUT2D eigenvalue weighted by atomic mass is 10.3. The van der Waals surface area contributed by atoms with Gasteiger partial charge < -0.3 is 14.9 Å². The molecule has 1 aromatic heterocycles. The van der Waals surface area contributed by atoms with Crippen LogP contribution in [0.15, 0.2) is 36.7 Å². The van der Waals surface area contributed by atoms with E-state index in [2.05, 4.69) is 9.97 Å². The highest BCUT2D eigenvalue weighted by molar-refractivity contribution is 5.86. The van der Waals surface area contributed by atoms with Crippen molar-refractivity contribution in [1.29, 1.82) is 0 Å². The average Bonchev–Trinajstić information content (AvgIpc) is 2.33. The van der Waals surface area contributed by atoms with E-state index in [4.69, 9.17) is 9.84 Å². The van der Waals surface area contributed by atoms with Crippen LogP contribution in [0.4, 0.5) is 0 Å². The number of nitrogens with zero attached hydrogens (tertiary/aromatic N) is 2. The third-order valence-corrected chi connectivity index (χ3v) is 1.94. The van der Waals surface area contributed by atoms with Gasteiger partial charge in [0.05, 0.1) is 5.56 Å². The van der Waals surface area contributed by atoms with Gasteiger partial charge in [0, 0.05) is 12.4 Å². The van der Waals surface area contributed by atoms with E-state index < -0.39 is 5.97 Å². The summed E-state index contributed by atoms with van der Waals surface area (Å²) >= 11 is 0. The van der Waals surface area contributed by atoms with E-state index in [9.17, 15) is 9.90 Å². The molecule has 0 aliphatic carbocycles. The van der Waals surface area contributed by atoms with Crippen molar-refractivity contribution in [3.63, 3.8) is 0 Å². The van der Waals surface area contributed by atoms with Gasteiger partial charge in [-0.2, -0.15) is 0 Å². The largest absolute Gasteiger partial charge is 0.504 e. The van der Waals surface area contributed by atoms with Gasteiger partial charge in [-0.1, -0.05) is 12.1 Å². The standard InChI is InChI=1S/C11H8N2O4/c14-8-3-1-2-4-9(8)17-11-12-5-7(6-13-11)10(15)16/h1-6,14H,(H,15,16). The molecule has 0 aliphatic rings. The normalized spacial score (nSPS) is 9.88. The third kappa shape index (κ3) is 2.49. The molecule has 0 fully saturated rings. The number of carbonyl (C=O) groups is 1. The molecular weight excluding hydrogens is 224 g/mol. The van der Waals surface area contributed by atoms with Gasteiger partial charge >= 0.3 is 12.0 Å². The number of aromatic hydroxyl groups is 1. The number of para-hydroxylation sites is 2. The number of aromatic carboxylic acids is 1. The lowest BCUT2D eigenvalue weighted by Crippen LogP contribution is -1.99. The lowest BCUT2D eigenvalue weighted by molar-refractivity contribution is 0.0696. The van der Waals surface area contributed by atoms with Gasteiger partial charge in [0.25, 0.3) is 0 Å². The summed E-state index contributed by atoms with van der Waals surface area (Å²) < 4.78 is 5.18. The van der Waals surface area contributed by atoms with E-state index in [0.29, 0.717) is 0 Å². The summed E-state index contributed by atoms with van der Waals surface area (Å²) in [7, 11) is 0. The Kier molecular flexibility index (Phi) is 2.87. The van der Waals surface area contributed by atoms with Crippen LogP contribution in [0.5, 0.6) is 17.5 Å². The predicted octanol–water partition coefficient (Wildman–Crippen LogP) is 1.67. The van der Waals surface area contributed by atoms with Crippen molar-refractivity contribution in [2.75, 3.05) is 0 Å². The number of hydrogen-bond donors (Lipinski definition) is 2. The monoisotopic (exact) mass is 232 g/mol. The number of benzene rings is 1. The first kappa shape index (κ1) is 10.9. The van der Waals surface area contributed by atoms with Crippen molar-refractivity contribution in [2.24, 2.45) is 0 Å². The second-order valence-electron chi connectivity index (χ2n) is 3.13. The van der Waals surface area contributed by atoms with Crippen LogP contribution in [0.2, 0.25) is 0 Å². The number of rotatable bonds is 3. The fourth-order valence-electron chi connectivity index (χ4n) is 1.12. The van der Waals surface area contributed by atoms with Gasteiger partial charge in [-0.3, -0.25) is 0 Å². The number of carboxylic acids is 1.